The molecule has 162 valence electrons. The van der Waals surface area contributed by atoms with Gasteiger partial charge in [-0.15, -0.1) is 5.10 Å². The van der Waals surface area contributed by atoms with Gasteiger partial charge in [-0.3, -0.25) is 4.79 Å². The van der Waals surface area contributed by atoms with Gasteiger partial charge in [-0.05, 0) is 47.1 Å². The molecular weight excluding hydrogens is 436 g/mol. The van der Waals surface area contributed by atoms with Gasteiger partial charge in [0.05, 0.1) is 12.8 Å². The summed E-state index contributed by atoms with van der Waals surface area (Å²) < 4.78 is 11.2. The lowest BCUT2D eigenvalue weighted by Gasteiger charge is -2.08. The lowest BCUT2D eigenvalue weighted by Crippen LogP contribution is -2.21. The van der Waals surface area contributed by atoms with E-state index in [9.17, 15) is 4.79 Å². The molecule has 0 atom stereocenters. The van der Waals surface area contributed by atoms with E-state index in [1.807, 2.05) is 0 Å². The van der Waals surface area contributed by atoms with Gasteiger partial charge in [0, 0.05) is 10.6 Å². The molecule has 32 heavy (non-hydrogen) atoms. The molecule has 12 heteroatoms. The average molecular weight is 453 g/mol. The minimum absolute atomic E-state index is 0.00620. The topological polar surface area (TPSA) is 146 Å². The van der Waals surface area contributed by atoms with E-state index < -0.39 is 5.91 Å². The van der Waals surface area contributed by atoms with Gasteiger partial charge in [0.2, 0.25) is 11.6 Å². The van der Waals surface area contributed by atoms with Crippen LogP contribution in [0.2, 0.25) is 5.02 Å². The van der Waals surface area contributed by atoms with Crippen LogP contribution in [0.15, 0.2) is 58.3 Å². The summed E-state index contributed by atoms with van der Waals surface area (Å²) in [6, 6.07) is 14.1. The van der Waals surface area contributed by atoms with E-state index in [1.54, 1.807) is 55.5 Å². The smallest absolute Gasteiger partial charge is 0.294 e. The maximum absolute atomic E-state index is 13.0. The molecule has 0 saturated heterocycles. The van der Waals surface area contributed by atoms with Crippen molar-refractivity contribution in [1.82, 2.24) is 30.7 Å². The predicted octanol–water partition coefficient (Wildman–Crippen LogP) is 2.72. The summed E-state index contributed by atoms with van der Waals surface area (Å²) in [6.45, 7) is 1.76. The monoisotopic (exact) mass is 452 g/mol. The molecule has 0 spiro atoms. The number of amides is 1. The second-order valence-corrected chi connectivity index (χ2v) is 6.98. The average Bonchev–Trinajstić information content (AvgIpc) is 3.43. The molecule has 1 amide bonds. The third-order valence-electron chi connectivity index (χ3n) is 4.51. The van der Waals surface area contributed by atoms with Crippen molar-refractivity contribution in [2.75, 3.05) is 12.8 Å². The van der Waals surface area contributed by atoms with E-state index in [0.717, 1.165) is 5.56 Å². The minimum Gasteiger partial charge on any atom is -0.497 e. The largest absolute Gasteiger partial charge is 0.497 e. The molecular formula is C20H17ClN8O3. The van der Waals surface area contributed by atoms with Crippen molar-refractivity contribution in [2.24, 2.45) is 5.10 Å². The Morgan fingerprint density at radius 1 is 1.22 bits per heavy atom. The quantitative estimate of drug-likeness (QED) is 0.335. The second kappa shape index (κ2) is 8.86. The number of hydrogen-bond acceptors (Lipinski definition) is 9. The molecule has 2 heterocycles. The Morgan fingerprint density at radius 3 is 2.69 bits per heavy atom. The number of aromatic nitrogens is 5. The number of carbonyl (C=O) groups is 1. The molecule has 0 bridgehead atoms. The van der Waals surface area contributed by atoms with Gasteiger partial charge >= 0.3 is 0 Å². The minimum atomic E-state index is -0.586. The predicted molar refractivity (Wildman–Crippen MR) is 117 cm³/mol. The summed E-state index contributed by atoms with van der Waals surface area (Å²) in [5.74, 6) is 0.0692. The summed E-state index contributed by atoms with van der Waals surface area (Å²) in [4.78, 5) is 13.0. The maximum Gasteiger partial charge on any atom is 0.294 e. The van der Waals surface area contributed by atoms with E-state index >= 15 is 0 Å². The molecule has 0 aliphatic carbocycles. The first kappa shape index (κ1) is 21.0. The number of nitrogens with zero attached hydrogens (tertiary/aromatic N) is 6. The number of nitrogen functional groups attached to an aromatic ring is 1. The molecule has 0 aliphatic rings. The van der Waals surface area contributed by atoms with Crippen molar-refractivity contribution in [1.29, 1.82) is 0 Å². The van der Waals surface area contributed by atoms with Crippen molar-refractivity contribution < 1.29 is 14.2 Å². The number of nitrogens with one attached hydrogen (secondary N) is 1. The van der Waals surface area contributed by atoms with Crippen LogP contribution in [0.3, 0.4) is 0 Å². The van der Waals surface area contributed by atoms with Crippen LogP contribution in [0.5, 0.6) is 5.75 Å². The molecule has 11 nitrogen and oxygen atoms in total. The van der Waals surface area contributed by atoms with Crippen LogP contribution in [0, 0.1) is 0 Å². The SMILES string of the molecule is COc1cccc(-c2c(C(=O)N/N=C(/C)c3ccc(Cl)cc3)nnn2-c2nonc2N)c1. The number of ether oxygens (including phenoxy) is 1. The fourth-order valence-electron chi connectivity index (χ4n) is 2.89. The number of benzene rings is 2. The second-order valence-electron chi connectivity index (χ2n) is 6.55. The zero-order valence-corrected chi connectivity index (χ0v) is 17.7. The van der Waals surface area contributed by atoms with Crippen molar-refractivity contribution in [3.8, 4) is 22.8 Å². The van der Waals surface area contributed by atoms with E-state index in [2.05, 4.69) is 35.8 Å². The normalized spacial score (nSPS) is 11.4. The molecule has 2 aromatic carbocycles. The van der Waals surface area contributed by atoms with Gasteiger partial charge in [0.15, 0.2) is 5.69 Å². The number of carbonyl (C=O) groups excluding carboxylic acids is 1. The highest BCUT2D eigenvalue weighted by molar-refractivity contribution is 6.30. The number of halogens is 1. The summed E-state index contributed by atoms with van der Waals surface area (Å²) in [5.41, 5.74) is 10.6. The highest BCUT2D eigenvalue weighted by Crippen LogP contribution is 2.29. The number of anilines is 1. The third kappa shape index (κ3) is 4.14. The fourth-order valence-corrected chi connectivity index (χ4v) is 3.02. The van der Waals surface area contributed by atoms with Crippen LogP contribution < -0.4 is 15.9 Å². The van der Waals surface area contributed by atoms with Crippen molar-refractivity contribution in [3.05, 3.63) is 64.8 Å². The Bertz CT molecular complexity index is 1300. The van der Waals surface area contributed by atoms with Gasteiger partial charge in [-0.2, -0.15) is 9.78 Å². The standard InChI is InChI=1S/C20H17ClN8O3/c1-11(12-6-8-14(21)9-7-12)23-25-20(30)16-17(13-4-3-5-15(10-13)31-2)29(28-24-16)19-18(22)26-32-27-19/h3-10H,1-2H3,(H2,22,26)(H,25,30)/b23-11-. The van der Waals surface area contributed by atoms with E-state index in [4.69, 9.17) is 22.1 Å². The molecule has 4 rings (SSSR count). The van der Waals surface area contributed by atoms with Gasteiger partial charge in [0.1, 0.15) is 11.4 Å². The molecule has 2 aromatic heterocycles. The molecule has 0 unspecified atom stereocenters. The lowest BCUT2D eigenvalue weighted by atomic mass is 10.1. The molecule has 3 N–H and O–H groups in total. The van der Waals surface area contributed by atoms with Crippen LogP contribution in [0.1, 0.15) is 23.0 Å². The molecule has 0 radical (unpaired) electrons. The van der Waals surface area contributed by atoms with Gasteiger partial charge in [-0.1, -0.05) is 41.1 Å². The molecule has 0 aliphatic heterocycles. The first-order chi connectivity index (χ1) is 15.5. The van der Waals surface area contributed by atoms with Crippen molar-refractivity contribution in [3.63, 3.8) is 0 Å². The third-order valence-corrected chi connectivity index (χ3v) is 4.76. The van der Waals surface area contributed by atoms with Crippen molar-refractivity contribution >= 4 is 29.0 Å². The number of hydrogen-bond donors (Lipinski definition) is 2. The van der Waals surface area contributed by atoms with Crippen LogP contribution in [0.4, 0.5) is 5.82 Å². The first-order valence-electron chi connectivity index (χ1n) is 9.27. The highest BCUT2D eigenvalue weighted by atomic mass is 35.5. The number of methoxy groups -OCH3 is 1. The number of nitrogens with two attached hydrogens (primary N) is 1. The fraction of sp³-hybridized carbons (Fsp3) is 0.100. The van der Waals surface area contributed by atoms with Gasteiger partial charge in [0.25, 0.3) is 5.91 Å². The Morgan fingerprint density at radius 2 is 2.00 bits per heavy atom. The summed E-state index contributed by atoms with van der Waals surface area (Å²) >= 11 is 5.92. The zero-order chi connectivity index (χ0) is 22.7. The Balaban J connectivity index is 1.72. The van der Waals surface area contributed by atoms with E-state index in [0.29, 0.717) is 27.7 Å². The highest BCUT2D eigenvalue weighted by Gasteiger charge is 2.25. The van der Waals surface area contributed by atoms with Gasteiger partial charge in [-0.25, -0.2) is 10.1 Å². The molecule has 4 aromatic rings. The van der Waals surface area contributed by atoms with E-state index in [-0.39, 0.29) is 17.3 Å². The van der Waals surface area contributed by atoms with Crippen LogP contribution in [0.25, 0.3) is 17.1 Å². The number of rotatable bonds is 6. The van der Waals surface area contributed by atoms with Crippen molar-refractivity contribution in [2.45, 2.75) is 6.92 Å². The Hall–Kier alpha value is -4.25. The Labute approximate surface area is 186 Å². The Kier molecular flexibility index (Phi) is 5.81. The van der Waals surface area contributed by atoms with Crippen LogP contribution in [-0.2, 0) is 0 Å². The maximum atomic E-state index is 13.0. The summed E-state index contributed by atoms with van der Waals surface area (Å²) in [6.07, 6.45) is 0. The van der Waals surface area contributed by atoms with Crippen LogP contribution >= 0.6 is 11.6 Å². The summed E-state index contributed by atoms with van der Waals surface area (Å²) in [5, 5.41) is 20.1. The van der Waals surface area contributed by atoms with E-state index in [1.165, 1.54) is 11.8 Å². The van der Waals surface area contributed by atoms with Gasteiger partial charge < -0.3 is 10.5 Å². The lowest BCUT2D eigenvalue weighted by molar-refractivity contribution is 0.0950. The zero-order valence-electron chi connectivity index (χ0n) is 17.0. The molecule has 0 saturated carbocycles. The van der Waals surface area contributed by atoms with Crippen LogP contribution in [-0.4, -0.2) is 44.0 Å². The first-order valence-corrected chi connectivity index (χ1v) is 9.65. The summed E-state index contributed by atoms with van der Waals surface area (Å²) in [7, 11) is 1.54. The number of hydrazone groups is 1. The molecule has 0 fully saturated rings.